The Morgan fingerprint density at radius 3 is 2.65 bits per heavy atom. The lowest BCUT2D eigenvalue weighted by atomic mass is 10.1. The Morgan fingerprint density at radius 1 is 1.35 bits per heavy atom. The third-order valence-electron chi connectivity index (χ3n) is 2.85. The molecule has 1 aromatic carbocycles. The zero-order chi connectivity index (χ0) is 14.9. The van der Waals surface area contributed by atoms with Gasteiger partial charge in [0, 0.05) is 12.5 Å². The van der Waals surface area contributed by atoms with E-state index in [0.717, 1.165) is 12.1 Å². The van der Waals surface area contributed by atoms with Crippen molar-refractivity contribution in [2.45, 2.75) is 26.3 Å². The number of Topliss-reactive ketones (excluding diaryl/α,β-unsaturated/α-hetero) is 1. The molecule has 3 nitrogen and oxygen atoms in total. The van der Waals surface area contributed by atoms with Crippen LogP contribution in [0.25, 0.3) is 0 Å². The molecule has 6 heteroatoms. The van der Waals surface area contributed by atoms with Crippen LogP contribution in [0.5, 0.6) is 0 Å². The maximum atomic E-state index is 13.1. The minimum Gasteiger partial charge on any atom is -0.292 e. The first kappa shape index (κ1) is 14.7. The second kappa shape index (κ2) is 5.71. The van der Waals surface area contributed by atoms with E-state index in [1.54, 1.807) is 0 Å². The van der Waals surface area contributed by atoms with Crippen molar-refractivity contribution in [1.29, 1.82) is 0 Å². The zero-order valence-corrected chi connectivity index (χ0v) is 11.8. The Kier molecular flexibility index (Phi) is 4.18. The Bertz CT molecular complexity index is 653. The lowest BCUT2D eigenvalue weighted by Gasteiger charge is -2.10. The van der Waals surface area contributed by atoms with Crippen LogP contribution < -0.4 is 0 Å². The van der Waals surface area contributed by atoms with Crippen LogP contribution in [0, 0.1) is 11.6 Å². The maximum absolute atomic E-state index is 13.1. The largest absolute Gasteiger partial charge is 0.292 e. The molecule has 0 amide bonds. The van der Waals surface area contributed by atoms with E-state index in [9.17, 15) is 13.6 Å². The highest BCUT2D eigenvalue weighted by Gasteiger charge is 2.19. The smallest absolute Gasteiger partial charge is 0.186 e. The molecule has 2 rings (SSSR count). The van der Waals surface area contributed by atoms with E-state index in [-0.39, 0.29) is 29.0 Å². The molecule has 0 saturated heterocycles. The van der Waals surface area contributed by atoms with E-state index in [4.69, 9.17) is 11.6 Å². The molecule has 0 bridgehead atoms. The number of hydrogen-bond donors (Lipinski definition) is 0. The van der Waals surface area contributed by atoms with Gasteiger partial charge in [-0.15, -0.1) is 0 Å². The van der Waals surface area contributed by atoms with Gasteiger partial charge in [-0.05, 0) is 31.5 Å². The molecule has 0 aliphatic heterocycles. The second-order valence-electron chi connectivity index (χ2n) is 4.73. The number of ketones is 1. The van der Waals surface area contributed by atoms with Gasteiger partial charge in [0.15, 0.2) is 17.4 Å². The monoisotopic (exact) mass is 298 g/mol. The summed E-state index contributed by atoms with van der Waals surface area (Å²) in [7, 11) is 0. The number of nitrogens with zero attached hydrogens (tertiary/aromatic N) is 2. The molecule has 20 heavy (non-hydrogen) atoms. The van der Waals surface area contributed by atoms with Crippen LogP contribution in [-0.4, -0.2) is 15.6 Å². The average Bonchev–Trinajstić information content (AvgIpc) is 2.76. The summed E-state index contributed by atoms with van der Waals surface area (Å²) >= 11 is 5.97. The van der Waals surface area contributed by atoms with Crippen molar-refractivity contribution in [2.24, 2.45) is 0 Å². The number of halogens is 3. The normalized spacial score (nSPS) is 11.1. The van der Waals surface area contributed by atoms with Crippen LogP contribution in [0.15, 0.2) is 24.4 Å². The fourth-order valence-corrected chi connectivity index (χ4v) is 2.15. The Hall–Kier alpha value is -1.75. The Balaban J connectivity index is 2.28. The van der Waals surface area contributed by atoms with Crippen LogP contribution in [-0.2, 0) is 6.42 Å². The number of carbonyl (C=O) groups excluding carboxylic acids is 1. The van der Waals surface area contributed by atoms with Crippen LogP contribution in [0.2, 0.25) is 5.02 Å². The molecule has 1 aromatic heterocycles. The highest BCUT2D eigenvalue weighted by Crippen LogP contribution is 2.21. The SMILES string of the molecule is CC(C)n1ncc(Cl)c1C(=O)Cc1ccc(F)c(F)c1. The summed E-state index contributed by atoms with van der Waals surface area (Å²) in [4.78, 5) is 12.3. The predicted molar refractivity (Wildman–Crippen MR) is 72.0 cm³/mol. The summed E-state index contributed by atoms with van der Waals surface area (Å²) in [5.41, 5.74) is 0.674. The molecule has 2 aromatic rings. The van der Waals surface area contributed by atoms with E-state index >= 15 is 0 Å². The van der Waals surface area contributed by atoms with Crippen molar-refractivity contribution < 1.29 is 13.6 Å². The fraction of sp³-hybridized carbons (Fsp3) is 0.286. The molecule has 0 spiro atoms. The van der Waals surface area contributed by atoms with Crippen molar-refractivity contribution in [3.63, 3.8) is 0 Å². The van der Waals surface area contributed by atoms with Gasteiger partial charge in [0.1, 0.15) is 5.69 Å². The molecule has 0 saturated carbocycles. The minimum absolute atomic E-state index is 0.0218. The quantitative estimate of drug-likeness (QED) is 0.804. The van der Waals surface area contributed by atoms with Crippen molar-refractivity contribution in [3.05, 3.63) is 52.3 Å². The molecule has 0 aliphatic carbocycles. The van der Waals surface area contributed by atoms with Gasteiger partial charge < -0.3 is 0 Å². The lowest BCUT2D eigenvalue weighted by Crippen LogP contribution is -2.15. The molecule has 1 heterocycles. The molecule has 106 valence electrons. The van der Waals surface area contributed by atoms with Crippen molar-refractivity contribution in [3.8, 4) is 0 Å². The number of benzene rings is 1. The Morgan fingerprint density at radius 2 is 2.05 bits per heavy atom. The van der Waals surface area contributed by atoms with E-state index in [0.29, 0.717) is 5.56 Å². The third kappa shape index (κ3) is 2.88. The molecule has 0 N–H and O–H groups in total. The first-order chi connectivity index (χ1) is 9.40. The highest BCUT2D eigenvalue weighted by atomic mass is 35.5. The van der Waals surface area contributed by atoms with Crippen molar-refractivity contribution in [2.75, 3.05) is 0 Å². The van der Waals surface area contributed by atoms with Gasteiger partial charge in [-0.1, -0.05) is 17.7 Å². The van der Waals surface area contributed by atoms with Gasteiger partial charge >= 0.3 is 0 Å². The maximum Gasteiger partial charge on any atom is 0.186 e. The first-order valence-electron chi connectivity index (χ1n) is 6.10. The fourth-order valence-electron chi connectivity index (χ4n) is 1.91. The number of aromatic nitrogens is 2. The van der Waals surface area contributed by atoms with Gasteiger partial charge in [0.25, 0.3) is 0 Å². The van der Waals surface area contributed by atoms with Gasteiger partial charge in [0.2, 0.25) is 0 Å². The van der Waals surface area contributed by atoms with E-state index in [1.807, 2.05) is 13.8 Å². The number of hydrogen-bond acceptors (Lipinski definition) is 2. The summed E-state index contributed by atoms with van der Waals surface area (Å²) in [6.45, 7) is 3.75. The first-order valence-corrected chi connectivity index (χ1v) is 6.48. The Labute approximate surface area is 120 Å². The van der Waals surface area contributed by atoms with Gasteiger partial charge in [0.05, 0.1) is 11.2 Å². The molecule has 0 radical (unpaired) electrons. The van der Waals surface area contributed by atoms with Crippen LogP contribution in [0.4, 0.5) is 8.78 Å². The lowest BCUT2D eigenvalue weighted by molar-refractivity contribution is 0.0981. The number of rotatable bonds is 4. The van der Waals surface area contributed by atoms with Crippen molar-refractivity contribution in [1.82, 2.24) is 9.78 Å². The van der Waals surface area contributed by atoms with Crippen molar-refractivity contribution >= 4 is 17.4 Å². The molecule has 0 atom stereocenters. The topological polar surface area (TPSA) is 34.9 Å². The standard InChI is InChI=1S/C14H13ClF2N2O/c1-8(2)19-14(10(15)7-18-19)13(20)6-9-3-4-11(16)12(17)5-9/h3-5,7-8H,6H2,1-2H3. The summed E-state index contributed by atoms with van der Waals surface area (Å²) in [5, 5.41) is 4.30. The van der Waals surface area contributed by atoms with Crippen LogP contribution in [0.3, 0.4) is 0 Å². The predicted octanol–water partition coefficient (Wildman–Crippen LogP) is 3.82. The van der Waals surface area contributed by atoms with E-state index in [1.165, 1.54) is 16.9 Å². The van der Waals surface area contributed by atoms with E-state index < -0.39 is 11.6 Å². The number of carbonyl (C=O) groups is 1. The van der Waals surface area contributed by atoms with E-state index in [2.05, 4.69) is 5.10 Å². The molecule has 0 aliphatic rings. The summed E-state index contributed by atoms with van der Waals surface area (Å²) in [5.74, 6) is -2.20. The van der Waals surface area contributed by atoms with Gasteiger partial charge in [-0.3, -0.25) is 9.48 Å². The zero-order valence-electron chi connectivity index (χ0n) is 11.0. The molecule has 0 fully saturated rings. The second-order valence-corrected chi connectivity index (χ2v) is 5.14. The molecular formula is C14H13ClF2N2O. The van der Waals surface area contributed by atoms with Gasteiger partial charge in [-0.25, -0.2) is 8.78 Å². The highest BCUT2D eigenvalue weighted by molar-refractivity contribution is 6.33. The van der Waals surface area contributed by atoms with Crippen LogP contribution >= 0.6 is 11.6 Å². The molecular weight excluding hydrogens is 286 g/mol. The summed E-state index contributed by atoms with van der Waals surface area (Å²) in [6.07, 6.45) is 1.34. The summed E-state index contributed by atoms with van der Waals surface area (Å²) in [6, 6.07) is 3.36. The van der Waals surface area contributed by atoms with Crippen LogP contribution in [0.1, 0.15) is 35.9 Å². The third-order valence-corrected chi connectivity index (χ3v) is 3.13. The average molecular weight is 299 g/mol. The van der Waals surface area contributed by atoms with Gasteiger partial charge in [-0.2, -0.15) is 5.10 Å². The molecule has 0 unspecified atom stereocenters. The minimum atomic E-state index is -0.973. The summed E-state index contributed by atoms with van der Waals surface area (Å²) < 4.78 is 27.5.